The molecule has 0 bridgehead atoms. The van der Waals surface area contributed by atoms with E-state index < -0.39 is 5.60 Å². The van der Waals surface area contributed by atoms with Crippen molar-refractivity contribution in [3.63, 3.8) is 0 Å². The van der Waals surface area contributed by atoms with Gasteiger partial charge in [-0.2, -0.15) is 0 Å². The summed E-state index contributed by atoms with van der Waals surface area (Å²) >= 11 is 0. The minimum atomic E-state index is -0.562. The van der Waals surface area contributed by atoms with Gasteiger partial charge in [0.25, 0.3) is 0 Å². The summed E-state index contributed by atoms with van der Waals surface area (Å²) in [5.74, 6) is 0.808. The summed E-state index contributed by atoms with van der Waals surface area (Å²) < 4.78 is 0. The van der Waals surface area contributed by atoms with Gasteiger partial charge in [-0.1, -0.05) is 13.3 Å². The lowest BCUT2D eigenvalue weighted by atomic mass is 9.83. The number of hydrogen-bond acceptors (Lipinski definition) is 2. The van der Waals surface area contributed by atoms with Crippen LogP contribution < -0.4 is 5.32 Å². The lowest BCUT2D eigenvalue weighted by Gasteiger charge is -2.37. The Morgan fingerprint density at radius 3 is 2.67 bits per heavy atom. The molecule has 1 aliphatic heterocycles. The van der Waals surface area contributed by atoms with Gasteiger partial charge < -0.3 is 10.4 Å². The van der Waals surface area contributed by atoms with Crippen molar-refractivity contribution in [2.75, 3.05) is 6.54 Å². The predicted octanol–water partition coefficient (Wildman–Crippen LogP) is 1.54. The fourth-order valence-electron chi connectivity index (χ4n) is 1.91. The zero-order valence-corrected chi connectivity index (χ0v) is 8.43. The maximum atomic E-state index is 9.79. The van der Waals surface area contributed by atoms with E-state index in [0.29, 0.717) is 0 Å². The molecule has 2 atom stereocenters. The first-order valence-electron chi connectivity index (χ1n) is 4.99. The van der Waals surface area contributed by atoms with Crippen molar-refractivity contribution >= 4 is 0 Å². The topological polar surface area (TPSA) is 32.3 Å². The molecular weight excluding hydrogens is 150 g/mol. The number of hydrogen-bond donors (Lipinski definition) is 2. The summed E-state index contributed by atoms with van der Waals surface area (Å²) in [4.78, 5) is 0. The smallest absolute Gasteiger partial charge is 0.0744 e. The molecule has 0 aromatic heterocycles. The highest BCUT2D eigenvalue weighted by Gasteiger charge is 2.30. The largest absolute Gasteiger partial charge is 0.389 e. The first-order chi connectivity index (χ1) is 5.54. The van der Waals surface area contributed by atoms with E-state index in [4.69, 9.17) is 0 Å². The van der Waals surface area contributed by atoms with E-state index in [1.54, 1.807) is 0 Å². The van der Waals surface area contributed by atoms with Gasteiger partial charge >= 0.3 is 0 Å². The Labute approximate surface area is 75.4 Å². The molecule has 0 spiro atoms. The molecule has 0 aliphatic carbocycles. The van der Waals surface area contributed by atoms with Crippen molar-refractivity contribution in [3.05, 3.63) is 0 Å². The van der Waals surface area contributed by atoms with Crippen LogP contribution >= 0.6 is 0 Å². The van der Waals surface area contributed by atoms with Crippen LogP contribution in [0.4, 0.5) is 0 Å². The highest BCUT2D eigenvalue weighted by atomic mass is 16.3. The van der Waals surface area contributed by atoms with Crippen molar-refractivity contribution in [2.24, 2.45) is 5.92 Å². The van der Waals surface area contributed by atoms with E-state index in [0.717, 1.165) is 18.9 Å². The average Bonchev–Trinajstić information content (AvgIpc) is 2.03. The van der Waals surface area contributed by atoms with Crippen molar-refractivity contribution in [2.45, 2.75) is 51.7 Å². The fraction of sp³-hybridized carbons (Fsp3) is 1.00. The van der Waals surface area contributed by atoms with Gasteiger partial charge in [0.05, 0.1) is 5.60 Å². The third-order valence-electron chi connectivity index (χ3n) is 2.94. The Morgan fingerprint density at radius 2 is 2.17 bits per heavy atom. The van der Waals surface area contributed by atoms with Crippen molar-refractivity contribution < 1.29 is 5.11 Å². The standard InChI is InChI=1S/C10H21NO/c1-4-8-5-6-11-9(7-8)10(2,3)12/h8-9,11-12H,4-7H2,1-3H3. The second-order valence-corrected chi connectivity index (χ2v) is 4.46. The second kappa shape index (κ2) is 3.75. The summed E-state index contributed by atoms with van der Waals surface area (Å²) in [5, 5.41) is 13.2. The summed E-state index contributed by atoms with van der Waals surface area (Å²) in [5.41, 5.74) is -0.562. The van der Waals surface area contributed by atoms with Crippen molar-refractivity contribution in [3.8, 4) is 0 Å². The van der Waals surface area contributed by atoms with Crippen LogP contribution in [0.15, 0.2) is 0 Å². The van der Waals surface area contributed by atoms with E-state index in [-0.39, 0.29) is 6.04 Å². The quantitative estimate of drug-likeness (QED) is 0.660. The Bertz CT molecular complexity index is 139. The zero-order valence-electron chi connectivity index (χ0n) is 8.43. The molecule has 0 aromatic carbocycles. The maximum Gasteiger partial charge on any atom is 0.0744 e. The van der Waals surface area contributed by atoms with Crippen LogP contribution in [0, 0.1) is 5.92 Å². The molecule has 12 heavy (non-hydrogen) atoms. The molecule has 0 saturated carbocycles. The first-order valence-corrected chi connectivity index (χ1v) is 4.99. The molecular formula is C10H21NO. The number of rotatable bonds is 2. The average molecular weight is 171 g/mol. The number of aliphatic hydroxyl groups is 1. The number of piperidine rings is 1. The van der Waals surface area contributed by atoms with Crippen LogP contribution in [-0.4, -0.2) is 23.3 Å². The molecule has 2 nitrogen and oxygen atoms in total. The highest BCUT2D eigenvalue weighted by molar-refractivity contribution is 4.88. The second-order valence-electron chi connectivity index (χ2n) is 4.46. The molecule has 2 heteroatoms. The summed E-state index contributed by atoms with van der Waals surface area (Å²) in [6.45, 7) is 7.08. The van der Waals surface area contributed by atoms with Gasteiger partial charge in [0.1, 0.15) is 0 Å². The highest BCUT2D eigenvalue weighted by Crippen LogP contribution is 2.24. The minimum absolute atomic E-state index is 0.288. The lowest BCUT2D eigenvalue weighted by molar-refractivity contribution is 0.0181. The molecule has 0 amide bonds. The Balaban J connectivity index is 2.46. The molecule has 0 radical (unpaired) electrons. The Hall–Kier alpha value is -0.0800. The molecule has 2 N–H and O–H groups in total. The Kier molecular flexibility index (Phi) is 3.13. The molecule has 1 aliphatic rings. The maximum absolute atomic E-state index is 9.79. The van der Waals surface area contributed by atoms with E-state index in [2.05, 4.69) is 12.2 Å². The van der Waals surface area contributed by atoms with E-state index in [1.807, 2.05) is 13.8 Å². The van der Waals surface area contributed by atoms with Gasteiger partial charge in [0, 0.05) is 6.04 Å². The summed E-state index contributed by atoms with van der Waals surface area (Å²) in [7, 11) is 0. The predicted molar refractivity (Wildman–Crippen MR) is 51.1 cm³/mol. The van der Waals surface area contributed by atoms with Crippen LogP contribution in [0.5, 0.6) is 0 Å². The van der Waals surface area contributed by atoms with Gasteiger partial charge in [0.15, 0.2) is 0 Å². The van der Waals surface area contributed by atoms with Gasteiger partial charge in [0.2, 0.25) is 0 Å². The van der Waals surface area contributed by atoms with Gasteiger partial charge in [-0.15, -0.1) is 0 Å². The number of nitrogens with one attached hydrogen (secondary N) is 1. The van der Waals surface area contributed by atoms with Crippen LogP contribution in [-0.2, 0) is 0 Å². The minimum Gasteiger partial charge on any atom is -0.389 e. The monoisotopic (exact) mass is 171 g/mol. The Morgan fingerprint density at radius 1 is 1.50 bits per heavy atom. The molecule has 72 valence electrons. The van der Waals surface area contributed by atoms with Crippen molar-refractivity contribution in [1.29, 1.82) is 0 Å². The summed E-state index contributed by atoms with van der Waals surface area (Å²) in [6.07, 6.45) is 3.64. The van der Waals surface area contributed by atoms with Crippen LogP contribution in [0.2, 0.25) is 0 Å². The third-order valence-corrected chi connectivity index (χ3v) is 2.94. The van der Waals surface area contributed by atoms with Crippen molar-refractivity contribution in [1.82, 2.24) is 5.32 Å². The molecule has 1 saturated heterocycles. The fourth-order valence-corrected chi connectivity index (χ4v) is 1.91. The van der Waals surface area contributed by atoms with Crippen LogP contribution in [0.1, 0.15) is 40.0 Å². The van der Waals surface area contributed by atoms with E-state index in [9.17, 15) is 5.11 Å². The first kappa shape index (κ1) is 10.0. The zero-order chi connectivity index (χ0) is 9.19. The van der Waals surface area contributed by atoms with Gasteiger partial charge in [-0.3, -0.25) is 0 Å². The SMILES string of the molecule is CCC1CCNC(C(C)(C)O)C1. The van der Waals surface area contributed by atoms with Gasteiger partial charge in [-0.05, 0) is 39.2 Å². The molecule has 1 heterocycles. The van der Waals surface area contributed by atoms with Crippen LogP contribution in [0.25, 0.3) is 0 Å². The molecule has 2 unspecified atom stereocenters. The normalized spacial score (nSPS) is 32.0. The molecule has 0 aromatic rings. The van der Waals surface area contributed by atoms with E-state index >= 15 is 0 Å². The lowest BCUT2D eigenvalue weighted by Crippen LogP contribution is -2.51. The third kappa shape index (κ3) is 2.46. The van der Waals surface area contributed by atoms with E-state index in [1.165, 1.54) is 12.8 Å². The van der Waals surface area contributed by atoms with Crippen LogP contribution in [0.3, 0.4) is 0 Å². The molecule has 1 rings (SSSR count). The summed E-state index contributed by atoms with van der Waals surface area (Å²) in [6, 6.07) is 0.288. The molecule has 1 fully saturated rings. The van der Waals surface area contributed by atoms with Gasteiger partial charge in [-0.25, -0.2) is 0 Å².